The summed E-state index contributed by atoms with van der Waals surface area (Å²) in [4.78, 5) is 11.7. The molecule has 1 amide bonds. The lowest BCUT2D eigenvalue weighted by atomic mass is 10.2. The second-order valence-corrected chi connectivity index (χ2v) is 4.84. The highest BCUT2D eigenvalue weighted by Gasteiger charge is 2.10. The van der Waals surface area contributed by atoms with Crippen molar-refractivity contribution < 1.29 is 14.6 Å². The Kier molecular flexibility index (Phi) is 6.61. The second-order valence-electron chi connectivity index (χ2n) is 3.22. The number of hydrogen-bond acceptors (Lipinski definition) is 3. The van der Waals surface area contributed by atoms with Crippen molar-refractivity contribution in [1.29, 1.82) is 0 Å². The molecule has 17 heavy (non-hydrogen) atoms. The first-order chi connectivity index (χ1) is 8.15. The Balaban J connectivity index is 2.44. The smallest absolute Gasteiger partial charge is 0.255 e. The Hall–Kier alpha value is -0.530. The fourth-order valence-corrected chi connectivity index (χ4v) is 1.78. The van der Waals surface area contributed by atoms with Crippen molar-refractivity contribution in [1.82, 2.24) is 5.32 Å². The van der Waals surface area contributed by atoms with Gasteiger partial charge >= 0.3 is 0 Å². The summed E-state index contributed by atoms with van der Waals surface area (Å²) in [5.41, 5.74) is 0.272. The third-order valence-corrected chi connectivity index (χ3v) is 2.78. The first-order valence-corrected chi connectivity index (χ1v) is 6.67. The number of nitrogens with one attached hydrogen (secondary N) is 1. The van der Waals surface area contributed by atoms with E-state index in [2.05, 4.69) is 27.9 Å². The summed E-state index contributed by atoms with van der Waals surface area (Å²) in [6, 6.07) is 4.86. The number of carbonyl (C=O) groups is 1. The molecule has 0 aromatic heterocycles. The van der Waals surface area contributed by atoms with Crippen LogP contribution in [0, 0.1) is 3.57 Å². The third-order valence-electron chi connectivity index (χ3n) is 1.96. The topological polar surface area (TPSA) is 58.6 Å². The third kappa shape index (κ3) is 5.10. The van der Waals surface area contributed by atoms with Gasteiger partial charge in [0.15, 0.2) is 0 Å². The van der Waals surface area contributed by atoms with Crippen LogP contribution in [-0.2, 0) is 4.74 Å². The standard InChI is InChI=1S/C11H13ClINO3/c12-3-5-17-6-4-14-11(16)9-7-8(13)1-2-10(9)15/h1-2,7,15H,3-6H2,(H,14,16). The Bertz CT molecular complexity index is 387. The van der Waals surface area contributed by atoms with Crippen molar-refractivity contribution in [2.45, 2.75) is 0 Å². The number of aromatic hydroxyl groups is 1. The van der Waals surface area contributed by atoms with E-state index in [0.29, 0.717) is 25.6 Å². The molecule has 4 nitrogen and oxygen atoms in total. The summed E-state index contributed by atoms with van der Waals surface area (Å²) in [7, 11) is 0. The average Bonchev–Trinajstić information content (AvgIpc) is 2.32. The summed E-state index contributed by atoms with van der Waals surface area (Å²) in [5, 5.41) is 12.2. The molecule has 1 rings (SSSR count). The minimum absolute atomic E-state index is 0.0235. The molecular formula is C11H13ClINO3. The first-order valence-electron chi connectivity index (χ1n) is 5.05. The minimum Gasteiger partial charge on any atom is -0.507 e. The van der Waals surface area contributed by atoms with Crippen molar-refractivity contribution in [3.63, 3.8) is 0 Å². The maximum atomic E-state index is 11.7. The molecule has 0 spiro atoms. The zero-order valence-electron chi connectivity index (χ0n) is 9.08. The lowest BCUT2D eigenvalue weighted by Gasteiger charge is -2.07. The van der Waals surface area contributed by atoms with Crippen molar-refractivity contribution in [2.24, 2.45) is 0 Å². The number of alkyl halides is 1. The molecule has 0 unspecified atom stereocenters. The molecule has 0 fully saturated rings. The van der Waals surface area contributed by atoms with Gasteiger partial charge in [0, 0.05) is 16.0 Å². The van der Waals surface area contributed by atoms with Crippen LogP contribution >= 0.6 is 34.2 Å². The zero-order valence-corrected chi connectivity index (χ0v) is 12.0. The van der Waals surface area contributed by atoms with Gasteiger partial charge in [-0.2, -0.15) is 0 Å². The fraction of sp³-hybridized carbons (Fsp3) is 0.364. The maximum absolute atomic E-state index is 11.7. The van der Waals surface area contributed by atoms with Gasteiger partial charge in [0.25, 0.3) is 5.91 Å². The van der Waals surface area contributed by atoms with Gasteiger partial charge in [-0.15, -0.1) is 11.6 Å². The summed E-state index contributed by atoms with van der Waals surface area (Å²) in [6.07, 6.45) is 0. The molecule has 0 aliphatic rings. The maximum Gasteiger partial charge on any atom is 0.255 e. The number of benzene rings is 1. The van der Waals surface area contributed by atoms with E-state index in [1.54, 1.807) is 12.1 Å². The molecule has 0 radical (unpaired) electrons. The van der Waals surface area contributed by atoms with Crippen LogP contribution in [0.3, 0.4) is 0 Å². The molecule has 1 aromatic carbocycles. The van der Waals surface area contributed by atoms with Crippen LogP contribution in [0.4, 0.5) is 0 Å². The lowest BCUT2D eigenvalue weighted by molar-refractivity contribution is 0.0921. The Morgan fingerprint density at radius 2 is 2.24 bits per heavy atom. The Morgan fingerprint density at radius 1 is 1.47 bits per heavy atom. The van der Waals surface area contributed by atoms with Crippen molar-refractivity contribution in [3.8, 4) is 5.75 Å². The highest BCUT2D eigenvalue weighted by atomic mass is 127. The van der Waals surface area contributed by atoms with Crippen LogP contribution in [-0.4, -0.2) is 36.7 Å². The van der Waals surface area contributed by atoms with E-state index in [0.717, 1.165) is 3.57 Å². The van der Waals surface area contributed by atoms with Crippen molar-refractivity contribution in [3.05, 3.63) is 27.3 Å². The SMILES string of the molecule is O=C(NCCOCCCl)c1cc(I)ccc1O. The molecule has 0 aliphatic heterocycles. The van der Waals surface area contributed by atoms with Gasteiger partial charge in [-0.05, 0) is 40.8 Å². The van der Waals surface area contributed by atoms with E-state index < -0.39 is 0 Å². The Labute approximate surface area is 118 Å². The predicted octanol–water partition coefficient (Wildman–Crippen LogP) is 1.98. The van der Waals surface area contributed by atoms with E-state index in [9.17, 15) is 9.90 Å². The van der Waals surface area contributed by atoms with Gasteiger partial charge in [0.1, 0.15) is 5.75 Å². The number of ether oxygens (including phenoxy) is 1. The van der Waals surface area contributed by atoms with Crippen LogP contribution in [0.1, 0.15) is 10.4 Å². The van der Waals surface area contributed by atoms with Gasteiger partial charge in [-0.3, -0.25) is 4.79 Å². The molecule has 0 atom stereocenters. The largest absolute Gasteiger partial charge is 0.507 e. The second kappa shape index (κ2) is 7.73. The molecule has 1 aromatic rings. The number of phenols is 1. The summed E-state index contributed by atoms with van der Waals surface area (Å²) < 4.78 is 6.00. The summed E-state index contributed by atoms with van der Waals surface area (Å²) >= 11 is 7.51. The van der Waals surface area contributed by atoms with E-state index in [1.807, 2.05) is 0 Å². The number of hydrogen-bond donors (Lipinski definition) is 2. The van der Waals surface area contributed by atoms with Crippen LogP contribution in [0.15, 0.2) is 18.2 Å². The van der Waals surface area contributed by atoms with Gasteiger partial charge in [0.05, 0.1) is 18.8 Å². The average molecular weight is 370 g/mol. The molecule has 94 valence electrons. The van der Waals surface area contributed by atoms with E-state index >= 15 is 0 Å². The quantitative estimate of drug-likeness (QED) is 0.458. The molecule has 0 saturated heterocycles. The molecular weight excluding hydrogens is 356 g/mol. The normalized spacial score (nSPS) is 10.2. The van der Waals surface area contributed by atoms with E-state index in [1.165, 1.54) is 6.07 Å². The summed E-state index contributed by atoms with van der Waals surface area (Å²) in [6.45, 7) is 1.26. The molecule has 0 saturated carbocycles. The number of phenolic OH excluding ortho intramolecular Hbond substituents is 1. The number of rotatable bonds is 6. The van der Waals surface area contributed by atoms with Gasteiger partial charge < -0.3 is 15.2 Å². The van der Waals surface area contributed by atoms with Crippen LogP contribution < -0.4 is 5.32 Å². The van der Waals surface area contributed by atoms with Gasteiger partial charge in [0.2, 0.25) is 0 Å². The summed E-state index contributed by atoms with van der Waals surface area (Å²) in [5.74, 6) is 0.103. The van der Waals surface area contributed by atoms with Crippen LogP contribution in [0.2, 0.25) is 0 Å². The fourth-order valence-electron chi connectivity index (χ4n) is 1.18. The Morgan fingerprint density at radius 3 is 2.94 bits per heavy atom. The molecule has 6 heteroatoms. The monoisotopic (exact) mass is 369 g/mol. The van der Waals surface area contributed by atoms with E-state index in [4.69, 9.17) is 16.3 Å². The van der Waals surface area contributed by atoms with Crippen molar-refractivity contribution in [2.75, 3.05) is 25.6 Å². The van der Waals surface area contributed by atoms with Crippen LogP contribution in [0.5, 0.6) is 5.75 Å². The molecule has 0 bridgehead atoms. The highest BCUT2D eigenvalue weighted by Crippen LogP contribution is 2.19. The first kappa shape index (κ1) is 14.5. The van der Waals surface area contributed by atoms with E-state index in [-0.39, 0.29) is 17.2 Å². The molecule has 0 heterocycles. The zero-order chi connectivity index (χ0) is 12.7. The molecule has 2 N–H and O–H groups in total. The minimum atomic E-state index is -0.310. The predicted molar refractivity (Wildman–Crippen MR) is 74.7 cm³/mol. The van der Waals surface area contributed by atoms with Crippen LogP contribution in [0.25, 0.3) is 0 Å². The molecule has 0 aliphatic carbocycles. The lowest BCUT2D eigenvalue weighted by Crippen LogP contribution is -2.27. The highest BCUT2D eigenvalue weighted by molar-refractivity contribution is 14.1. The number of amides is 1. The number of halogens is 2. The van der Waals surface area contributed by atoms with Gasteiger partial charge in [-0.25, -0.2) is 0 Å². The van der Waals surface area contributed by atoms with Crippen molar-refractivity contribution >= 4 is 40.1 Å². The van der Waals surface area contributed by atoms with Gasteiger partial charge in [-0.1, -0.05) is 0 Å². The number of carbonyl (C=O) groups excluding carboxylic acids is 1.